The third kappa shape index (κ3) is 3.96. The highest BCUT2D eigenvalue weighted by atomic mass is 16.7. The lowest BCUT2D eigenvalue weighted by molar-refractivity contribution is -0.187. The number of hydrogen-bond acceptors (Lipinski definition) is 3. The summed E-state index contributed by atoms with van der Waals surface area (Å²) in [5.74, 6) is 0.132. The molecule has 1 amide bonds. The van der Waals surface area contributed by atoms with Crippen molar-refractivity contribution < 1.29 is 14.3 Å². The van der Waals surface area contributed by atoms with Crippen LogP contribution in [0.1, 0.15) is 31.2 Å². The zero-order chi connectivity index (χ0) is 15.2. The third-order valence-corrected chi connectivity index (χ3v) is 4.17. The molecule has 118 valence electrons. The van der Waals surface area contributed by atoms with Crippen LogP contribution in [0.3, 0.4) is 0 Å². The average Bonchev–Trinajstić information content (AvgIpc) is 3.03. The fourth-order valence-corrected chi connectivity index (χ4v) is 3.00. The van der Waals surface area contributed by atoms with Crippen molar-refractivity contribution in [2.75, 3.05) is 19.8 Å². The first-order valence-electron chi connectivity index (χ1n) is 8.09. The first-order valence-corrected chi connectivity index (χ1v) is 8.09. The smallest absolute Gasteiger partial charge is 0.228 e. The zero-order valence-corrected chi connectivity index (χ0v) is 12.8. The van der Waals surface area contributed by atoms with E-state index in [-0.39, 0.29) is 18.2 Å². The summed E-state index contributed by atoms with van der Waals surface area (Å²) in [6.07, 6.45) is 7.21. The molecule has 0 saturated carbocycles. The van der Waals surface area contributed by atoms with Crippen LogP contribution >= 0.6 is 0 Å². The lowest BCUT2D eigenvalue weighted by Gasteiger charge is -2.27. The van der Waals surface area contributed by atoms with Gasteiger partial charge < -0.3 is 14.4 Å². The topological polar surface area (TPSA) is 38.8 Å². The fraction of sp³-hybridized carbons (Fsp3) is 0.500. The van der Waals surface area contributed by atoms with Gasteiger partial charge >= 0.3 is 0 Å². The number of rotatable bonds is 4. The van der Waals surface area contributed by atoms with Crippen molar-refractivity contribution in [2.45, 2.75) is 38.0 Å². The molecule has 2 aliphatic rings. The summed E-state index contributed by atoms with van der Waals surface area (Å²) in [5, 5.41) is 0. The molecular weight excluding hydrogens is 278 g/mol. The summed E-state index contributed by atoms with van der Waals surface area (Å²) >= 11 is 0. The van der Waals surface area contributed by atoms with Crippen molar-refractivity contribution in [1.82, 2.24) is 4.90 Å². The van der Waals surface area contributed by atoms with Crippen molar-refractivity contribution in [2.24, 2.45) is 0 Å². The first-order chi connectivity index (χ1) is 10.8. The molecule has 0 N–H and O–H groups in total. The van der Waals surface area contributed by atoms with Gasteiger partial charge in [-0.15, -0.1) is 0 Å². The second-order valence-electron chi connectivity index (χ2n) is 5.80. The summed E-state index contributed by atoms with van der Waals surface area (Å²) in [7, 11) is 0. The van der Waals surface area contributed by atoms with Crippen LogP contribution in [0.5, 0.6) is 0 Å². The molecule has 0 radical (unpaired) electrons. The van der Waals surface area contributed by atoms with E-state index in [0.29, 0.717) is 19.6 Å². The van der Waals surface area contributed by atoms with Crippen LogP contribution in [0.4, 0.5) is 0 Å². The van der Waals surface area contributed by atoms with E-state index in [1.165, 1.54) is 5.56 Å². The Kier molecular flexibility index (Phi) is 5.24. The van der Waals surface area contributed by atoms with Crippen LogP contribution in [0.2, 0.25) is 0 Å². The second kappa shape index (κ2) is 7.56. The van der Waals surface area contributed by atoms with Crippen LogP contribution in [0.25, 0.3) is 6.08 Å². The van der Waals surface area contributed by atoms with Gasteiger partial charge in [0.05, 0.1) is 25.7 Å². The van der Waals surface area contributed by atoms with E-state index < -0.39 is 0 Å². The zero-order valence-electron chi connectivity index (χ0n) is 12.8. The molecule has 0 aliphatic carbocycles. The number of carbonyl (C=O) groups excluding carboxylic acids is 1. The number of carbonyl (C=O) groups is 1. The van der Waals surface area contributed by atoms with Gasteiger partial charge in [0, 0.05) is 6.54 Å². The van der Waals surface area contributed by atoms with Gasteiger partial charge in [-0.1, -0.05) is 42.5 Å². The van der Waals surface area contributed by atoms with Crippen LogP contribution < -0.4 is 0 Å². The van der Waals surface area contributed by atoms with E-state index in [1.807, 2.05) is 23.1 Å². The lowest BCUT2D eigenvalue weighted by Crippen LogP contribution is -2.38. The highest BCUT2D eigenvalue weighted by Crippen LogP contribution is 2.22. The van der Waals surface area contributed by atoms with Crippen molar-refractivity contribution in [3.63, 3.8) is 0 Å². The number of nitrogens with zero attached hydrogens (tertiary/aromatic N) is 1. The number of amides is 1. The minimum Gasteiger partial charge on any atom is -0.352 e. The van der Waals surface area contributed by atoms with E-state index in [4.69, 9.17) is 9.47 Å². The van der Waals surface area contributed by atoms with E-state index in [2.05, 4.69) is 24.3 Å². The second-order valence-corrected chi connectivity index (χ2v) is 5.80. The molecule has 4 nitrogen and oxygen atoms in total. The maximum atomic E-state index is 12.5. The Morgan fingerprint density at radius 3 is 2.73 bits per heavy atom. The number of likely N-dealkylation sites (tertiary alicyclic amines) is 1. The summed E-state index contributed by atoms with van der Waals surface area (Å²) in [6.45, 7) is 2.21. The molecule has 2 heterocycles. The van der Waals surface area contributed by atoms with E-state index >= 15 is 0 Å². The predicted octanol–water partition coefficient (Wildman–Crippen LogP) is 2.84. The maximum Gasteiger partial charge on any atom is 0.228 e. The molecule has 2 aliphatic heterocycles. The molecule has 0 aromatic heterocycles. The molecule has 0 spiro atoms. The normalized spacial score (nSPS) is 23.3. The van der Waals surface area contributed by atoms with Crippen LogP contribution in [0.15, 0.2) is 36.4 Å². The van der Waals surface area contributed by atoms with E-state index in [1.54, 1.807) is 0 Å². The molecular formula is C18H23NO3. The van der Waals surface area contributed by atoms with Gasteiger partial charge in [-0.2, -0.15) is 0 Å². The molecule has 1 unspecified atom stereocenters. The Labute approximate surface area is 131 Å². The van der Waals surface area contributed by atoms with Gasteiger partial charge in [-0.25, -0.2) is 0 Å². The quantitative estimate of drug-likeness (QED) is 0.858. The molecule has 3 rings (SSSR count). The summed E-state index contributed by atoms with van der Waals surface area (Å²) in [4.78, 5) is 14.4. The van der Waals surface area contributed by atoms with Crippen molar-refractivity contribution in [3.8, 4) is 0 Å². The fourth-order valence-electron chi connectivity index (χ4n) is 3.00. The predicted molar refractivity (Wildman–Crippen MR) is 85.1 cm³/mol. The number of benzene rings is 1. The minimum atomic E-state index is -0.361. The molecule has 2 fully saturated rings. The summed E-state index contributed by atoms with van der Waals surface area (Å²) in [6, 6.07) is 10.4. The Hall–Kier alpha value is -1.65. The highest BCUT2D eigenvalue weighted by Gasteiger charge is 2.29. The Balaban J connectivity index is 1.57. The van der Waals surface area contributed by atoms with E-state index in [0.717, 1.165) is 25.8 Å². The molecule has 1 atom stereocenters. The SMILES string of the molecule is O=C(CC1OCCCO1)N1CCCC1C=Cc1ccccc1. The van der Waals surface area contributed by atoms with Crippen molar-refractivity contribution in [3.05, 3.63) is 42.0 Å². The van der Waals surface area contributed by atoms with Gasteiger partial charge in [-0.05, 0) is 24.8 Å². The monoisotopic (exact) mass is 301 g/mol. The van der Waals surface area contributed by atoms with Gasteiger partial charge in [0.2, 0.25) is 5.91 Å². The van der Waals surface area contributed by atoms with Crippen molar-refractivity contribution in [1.29, 1.82) is 0 Å². The largest absolute Gasteiger partial charge is 0.352 e. The van der Waals surface area contributed by atoms with E-state index in [9.17, 15) is 4.79 Å². The number of hydrogen-bond donors (Lipinski definition) is 0. The molecule has 2 saturated heterocycles. The Morgan fingerprint density at radius 1 is 1.18 bits per heavy atom. The average molecular weight is 301 g/mol. The van der Waals surface area contributed by atoms with Crippen LogP contribution in [0, 0.1) is 0 Å². The maximum absolute atomic E-state index is 12.5. The Bertz CT molecular complexity index is 508. The first kappa shape index (κ1) is 15.3. The molecule has 22 heavy (non-hydrogen) atoms. The lowest BCUT2D eigenvalue weighted by atomic mass is 10.1. The summed E-state index contributed by atoms with van der Waals surface area (Å²) < 4.78 is 11.0. The van der Waals surface area contributed by atoms with Crippen LogP contribution in [-0.2, 0) is 14.3 Å². The summed E-state index contributed by atoms with van der Waals surface area (Å²) in [5.41, 5.74) is 1.17. The van der Waals surface area contributed by atoms with Gasteiger partial charge in [0.15, 0.2) is 6.29 Å². The van der Waals surface area contributed by atoms with Crippen LogP contribution in [-0.4, -0.2) is 42.9 Å². The van der Waals surface area contributed by atoms with Gasteiger partial charge in [-0.3, -0.25) is 4.79 Å². The molecule has 0 bridgehead atoms. The third-order valence-electron chi connectivity index (χ3n) is 4.17. The molecule has 4 heteroatoms. The standard InChI is InChI=1S/C18H23NO3/c20-17(14-18-21-12-5-13-22-18)19-11-4-8-16(19)10-9-15-6-2-1-3-7-15/h1-3,6-7,9-10,16,18H,4-5,8,11-14H2. The highest BCUT2D eigenvalue weighted by molar-refractivity contribution is 5.77. The van der Waals surface area contributed by atoms with Crippen molar-refractivity contribution >= 4 is 12.0 Å². The Morgan fingerprint density at radius 2 is 1.95 bits per heavy atom. The van der Waals surface area contributed by atoms with Gasteiger partial charge in [0.25, 0.3) is 0 Å². The molecule has 1 aromatic rings. The minimum absolute atomic E-state index is 0.132. The van der Waals surface area contributed by atoms with Gasteiger partial charge in [0.1, 0.15) is 0 Å². The molecule has 1 aromatic carbocycles. The number of ether oxygens (including phenoxy) is 2.